The Bertz CT molecular complexity index is 776. The molecule has 0 amide bonds. The lowest BCUT2D eigenvalue weighted by molar-refractivity contribution is 0.323. The summed E-state index contributed by atoms with van der Waals surface area (Å²) < 4.78 is 13.7. The van der Waals surface area contributed by atoms with Crippen LogP contribution >= 0.6 is 0 Å². The summed E-state index contributed by atoms with van der Waals surface area (Å²) in [6.07, 6.45) is 2.14. The van der Waals surface area contributed by atoms with Gasteiger partial charge in [0, 0.05) is 23.3 Å². The molecule has 0 radical (unpaired) electrons. The molecule has 0 aromatic heterocycles. The Hall–Kier alpha value is -2.13. The highest BCUT2D eigenvalue weighted by molar-refractivity contribution is 5.51. The molecular formula is C23H29FN2. The van der Waals surface area contributed by atoms with Crippen LogP contribution in [0.25, 0.3) is 0 Å². The second kappa shape index (κ2) is 7.63. The van der Waals surface area contributed by atoms with Crippen LogP contribution in [0, 0.1) is 11.7 Å². The fourth-order valence-corrected chi connectivity index (χ4v) is 3.66. The minimum Gasteiger partial charge on any atom is -0.359 e. The van der Waals surface area contributed by atoms with E-state index in [4.69, 9.17) is 0 Å². The second-order valence-electron chi connectivity index (χ2n) is 8.22. The number of rotatable bonds is 4. The predicted octanol–water partition coefficient (Wildman–Crippen LogP) is 5.79. The van der Waals surface area contributed by atoms with Crippen LogP contribution in [-0.4, -0.2) is 6.54 Å². The highest BCUT2D eigenvalue weighted by atomic mass is 19.1. The largest absolute Gasteiger partial charge is 0.359 e. The maximum absolute atomic E-state index is 13.7. The molecule has 1 heterocycles. The number of hydrogen-bond donors (Lipinski definition) is 2. The predicted molar refractivity (Wildman–Crippen MR) is 108 cm³/mol. The third-order valence-electron chi connectivity index (χ3n) is 5.15. The van der Waals surface area contributed by atoms with Gasteiger partial charge in [-0.05, 0) is 60.2 Å². The van der Waals surface area contributed by atoms with E-state index in [9.17, 15) is 4.39 Å². The molecule has 1 unspecified atom stereocenters. The molecule has 138 valence electrons. The molecule has 1 saturated heterocycles. The van der Waals surface area contributed by atoms with Crippen LogP contribution in [0.5, 0.6) is 0 Å². The van der Waals surface area contributed by atoms with Crippen molar-refractivity contribution in [1.29, 1.82) is 0 Å². The van der Waals surface area contributed by atoms with Gasteiger partial charge in [0.05, 0.1) is 0 Å². The highest BCUT2D eigenvalue weighted by Crippen LogP contribution is 2.35. The van der Waals surface area contributed by atoms with Crippen LogP contribution in [-0.2, 0) is 5.41 Å². The zero-order valence-corrected chi connectivity index (χ0v) is 16.0. The summed E-state index contributed by atoms with van der Waals surface area (Å²) in [6.45, 7) is 11.9. The first-order valence-corrected chi connectivity index (χ1v) is 9.40. The third kappa shape index (κ3) is 4.34. The van der Waals surface area contributed by atoms with Crippen LogP contribution in [0.1, 0.15) is 50.8 Å². The minimum atomic E-state index is -0.190. The first-order chi connectivity index (χ1) is 12.3. The van der Waals surface area contributed by atoms with Crippen LogP contribution in [0.3, 0.4) is 0 Å². The van der Waals surface area contributed by atoms with Crippen LogP contribution in [0.2, 0.25) is 0 Å². The van der Waals surface area contributed by atoms with Crippen LogP contribution in [0.4, 0.5) is 10.1 Å². The molecule has 2 N–H and O–H groups in total. The number of piperidine rings is 1. The van der Waals surface area contributed by atoms with Crippen LogP contribution in [0.15, 0.2) is 60.8 Å². The summed E-state index contributed by atoms with van der Waals surface area (Å²) in [7, 11) is 0. The molecule has 2 aromatic carbocycles. The van der Waals surface area contributed by atoms with Crippen molar-refractivity contribution >= 4 is 5.69 Å². The van der Waals surface area contributed by atoms with Crippen molar-refractivity contribution in [3.05, 3.63) is 77.8 Å². The first-order valence-electron chi connectivity index (χ1n) is 9.40. The first kappa shape index (κ1) is 18.7. The second-order valence-corrected chi connectivity index (χ2v) is 8.22. The number of nitrogens with one attached hydrogen (secondary N) is 2. The zero-order chi connectivity index (χ0) is 18.7. The average Bonchev–Trinajstić information content (AvgIpc) is 2.61. The number of anilines is 1. The third-order valence-corrected chi connectivity index (χ3v) is 5.15. The van der Waals surface area contributed by atoms with Crippen molar-refractivity contribution in [2.45, 2.75) is 45.1 Å². The van der Waals surface area contributed by atoms with E-state index in [1.165, 1.54) is 11.6 Å². The molecular weight excluding hydrogens is 323 g/mol. The summed E-state index contributed by atoms with van der Waals surface area (Å²) in [4.78, 5) is 0. The minimum absolute atomic E-state index is 0.0882. The van der Waals surface area contributed by atoms with Crippen molar-refractivity contribution in [2.75, 3.05) is 11.9 Å². The van der Waals surface area contributed by atoms with E-state index in [1.807, 2.05) is 6.07 Å². The van der Waals surface area contributed by atoms with Gasteiger partial charge in [-0.2, -0.15) is 0 Å². The lowest BCUT2D eigenvalue weighted by Crippen LogP contribution is -2.36. The van der Waals surface area contributed by atoms with E-state index >= 15 is 0 Å². The Morgan fingerprint density at radius 1 is 1.15 bits per heavy atom. The highest BCUT2D eigenvalue weighted by Gasteiger charge is 2.28. The van der Waals surface area contributed by atoms with Gasteiger partial charge in [-0.3, -0.25) is 0 Å². The molecule has 1 aliphatic heterocycles. The Labute approximate surface area is 156 Å². The van der Waals surface area contributed by atoms with Gasteiger partial charge in [-0.25, -0.2) is 4.39 Å². The monoisotopic (exact) mass is 352 g/mol. The molecule has 26 heavy (non-hydrogen) atoms. The van der Waals surface area contributed by atoms with Crippen LogP contribution < -0.4 is 10.6 Å². The Balaban J connectivity index is 1.79. The van der Waals surface area contributed by atoms with Crippen molar-refractivity contribution in [2.24, 2.45) is 5.92 Å². The lowest BCUT2D eigenvalue weighted by atomic mass is 9.84. The summed E-state index contributed by atoms with van der Waals surface area (Å²) >= 11 is 0. The summed E-state index contributed by atoms with van der Waals surface area (Å²) in [5.41, 5.74) is 4.43. The average molecular weight is 352 g/mol. The zero-order valence-electron chi connectivity index (χ0n) is 16.0. The normalized spacial score (nSPS) is 20.6. The quantitative estimate of drug-likeness (QED) is 0.728. The van der Waals surface area contributed by atoms with Crippen molar-refractivity contribution in [3.8, 4) is 0 Å². The molecule has 0 spiro atoms. The molecule has 2 aromatic rings. The number of hydrogen-bond acceptors (Lipinski definition) is 2. The van der Waals surface area contributed by atoms with Gasteiger partial charge in [0.1, 0.15) is 5.82 Å². The standard InChI is InChI=1S/C23H29FN2/c1-16(26-20-11-6-9-18(15-20)23(2,3)4)21-12-7-13-25-22(21)17-8-5-10-19(24)14-17/h5-6,8-11,14-15,21-22,25-26H,1,7,12-13H2,2-4H3/t21-,22?/m1/s1. The molecule has 1 fully saturated rings. The van der Waals surface area contributed by atoms with Crippen molar-refractivity contribution in [3.63, 3.8) is 0 Å². The molecule has 2 atom stereocenters. The van der Waals surface area contributed by atoms with E-state index in [0.29, 0.717) is 0 Å². The van der Waals surface area contributed by atoms with E-state index < -0.39 is 0 Å². The number of halogens is 1. The number of benzene rings is 2. The maximum Gasteiger partial charge on any atom is 0.123 e. The van der Waals surface area contributed by atoms with E-state index in [-0.39, 0.29) is 23.2 Å². The summed E-state index contributed by atoms with van der Waals surface area (Å²) in [5, 5.41) is 7.06. The van der Waals surface area contributed by atoms with Gasteiger partial charge in [0.15, 0.2) is 0 Å². The van der Waals surface area contributed by atoms with Crippen molar-refractivity contribution < 1.29 is 4.39 Å². The van der Waals surface area contributed by atoms with Gasteiger partial charge >= 0.3 is 0 Å². The van der Waals surface area contributed by atoms with Gasteiger partial charge in [0.25, 0.3) is 0 Å². The molecule has 3 rings (SSSR count). The van der Waals surface area contributed by atoms with Gasteiger partial charge in [0.2, 0.25) is 0 Å². The fourth-order valence-electron chi connectivity index (χ4n) is 3.66. The van der Waals surface area contributed by atoms with Gasteiger partial charge in [-0.15, -0.1) is 0 Å². The molecule has 2 nitrogen and oxygen atoms in total. The van der Waals surface area contributed by atoms with Gasteiger partial charge in [-0.1, -0.05) is 51.6 Å². The Morgan fingerprint density at radius 2 is 1.92 bits per heavy atom. The van der Waals surface area contributed by atoms with E-state index in [1.54, 1.807) is 12.1 Å². The molecule has 1 aliphatic rings. The smallest absolute Gasteiger partial charge is 0.123 e. The molecule has 0 aliphatic carbocycles. The molecule has 0 bridgehead atoms. The Kier molecular flexibility index (Phi) is 5.47. The summed E-state index contributed by atoms with van der Waals surface area (Å²) in [6, 6.07) is 15.5. The maximum atomic E-state index is 13.7. The topological polar surface area (TPSA) is 24.1 Å². The molecule has 0 saturated carbocycles. The van der Waals surface area contributed by atoms with E-state index in [2.05, 4.69) is 62.2 Å². The van der Waals surface area contributed by atoms with E-state index in [0.717, 1.165) is 36.3 Å². The van der Waals surface area contributed by atoms with Crippen molar-refractivity contribution in [1.82, 2.24) is 5.32 Å². The molecule has 3 heteroatoms. The Morgan fingerprint density at radius 3 is 2.65 bits per heavy atom. The SMILES string of the molecule is C=C(Nc1cccc(C(C)(C)C)c1)[C@H]1CCCNC1c1cccc(F)c1. The lowest BCUT2D eigenvalue weighted by Gasteiger charge is -2.35. The fraction of sp³-hybridized carbons (Fsp3) is 0.391. The summed E-state index contributed by atoms with van der Waals surface area (Å²) in [5.74, 6) is 0.0360. The van der Waals surface area contributed by atoms with Gasteiger partial charge < -0.3 is 10.6 Å².